The zero-order valence-corrected chi connectivity index (χ0v) is 36.4. The van der Waals surface area contributed by atoms with E-state index in [1.165, 1.54) is 33.2 Å². The van der Waals surface area contributed by atoms with E-state index in [2.05, 4.69) is 20.8 Å². The molecule has 1 aliphatic heterocycles. The van der Waals surface area contributed by atoms with Gasteiger partial charge in [-0.2, -0.15) is 0 Å². The van der Waals surface area contributed by atoms with Gasteiger partial charge in [-0.15, -0.1) is 0 Å². The zero-order chi connectivity index (χ0) is 42.7. The molecule has 18 heteroatoms. The summed E-state index contributed by atoms with van der Waals surface area (Å²) in [5, 5.41) is 5.82. The zero-order valence-electron chi connectivity index (χ0n) is 35.5. The van der Waals surface area contributed by atoms with E-state index < -0.39 is 75.3 Å². The Bertz CT molecular complexity index is 1470. The quantitative estimate of drug-likeness (QED) is 0.108. The Balaban J connectivity index is 2.25. The average Bonchev–Trinajstić information content (AvgIpc) is 3.89. The van der Waals surface area contributed by atoms with Crippen molar-refractivity contribution in [3.63, 3.8) is 0 Å². The smallest absolute Gasteiger partial charge is 0.256 e. The minimum absolute atomic E-state index is 0.0207. The number of methoxy groups -OCH3 is 2. The van der Waals surface area contributed by atoms with Crippen LogP contribution in [0.1, 0.15) is 100 Å². The molecule has 322 valence electrons. The number of nitrogens with one attached hydrogen (secondary N) is 4. The molecule has 4 N–H and O–H groups in total. The highest BCUT2D eigenvalue weighted by molar-refractivity contribution is 7.90. The third kappa shape index (κ3) is 13.6. The molecule has 0 spiro atoms. The Hall–Kier alpha value is -3.35. The number of rotatable bonds is 23. The summed E-state index contributed by atoms with van der Waals surface area (Å²) in [4.78, 5) is 82.4. The van der Waals surface area contributed by atoms with Gasteiger partial charge in [0.1, 0.15) is 12.1 Å². The molecule has 2 rings (SSSR count). The van der Waals surface area contributed by atoms with Crippen LogP contribution in [-0.4, -0.2) is 142 Å². The summed E-state index contributed by atoms with van der Waals surface area (Å²) in [6, 6.07) is -2.88. The highest BCUT2D eigenvalue weighted by Gasteiger charge is 2.44. The fraction of sp³-hybridized carbons (Fsp3) is 0.842. The van der Waals surface area contributed by atoms with E-state index in [1.54, 1.807) is 23.8 Å². The van der Waals surface area contributed by atoms with Crippen LogP contribution in [0.5, 0.6) is 0 Å². The number of hydrogen-bond donors (Lipinski definition) is 4. The van der Waals surface area contributed by atoms with Gasteiger partial charge in [0.25, 0.3) is 11.8 Å². The van der Waals surface area contributed by atoms with Crippen molar-refractivity contribution in [3.8, 4) is 0 Å². The Labute approximate surface area is 334 Å². The maximum absolute atomic E-state index is 14.2. The maximum atomic E-state index is 14.2. The van der Waals surface area contributed by atoms with E-state index in [0.29, 0.717) is 38.6 Å². The van der Waals surface area contributed by atoms with Crippen molar-refractivity contribution < 1.29 is 46.7 Å². The minimum Gasteiger partial charge on any atom is -0.379 e. The summed E-state index contributed by atoms with van der Waals surface area (Å²) in [6.07, 6.45) is 1.62. The lowest BCUT2D eigenvalue weighted by Crippen LogP contribution is -2.60. The van der Waals surface area contributed by atoms with Crippen molar-refractivity contribution in [2.75, 3.05) is 41.4 Å². The molecule has 1 saturated carbocycles. The van der Waals surface area contributed by atoms with Crippen LogP contribution >= 0.6 is 0 Å². The van der Waals surface area contributed by atoms with E-state index in [1.807, 2.05) is 41.5 Å². The largest absolute Gasteiger partial charge is 0.379 e. The van der Waals surface area contributed by atoms with Crippen LogP contribution in [0.3, 0.4) is 0 Å². The van der Waals surface area contributed by atoms with E-state index in [-0.39, 0.29) is 54.9 Å². The maximum Gasteiger partial charge on any atom is 0.256 e. The molecule has 2 fully saturated rings. The normalized spacial score (nSPS) is 19.7. The van der Waals surface area contributed by atoms with Gasteiger partial charge in [-0.3, -0.25) is 38.5 Å². The Morgan fingerprint density at radius 2 is 1.54 bits per heavy atom. The van der Waals surface area contributed by atoms with Crippen LogP contribution in [0.4, 0.5) is 0 Å². The van der Waals surface area contributed by atoms with Gasteiger partial charge in [0.15, 0.2) is 0 Å². The van der Waals surface area contributed by atoms with E-state index in [9.17, 15) is 37.2 Å². The van der Waals surface area contributed by atoms with Crippen LogP contribution in [0, 0.1) is 23.7 Å². The lowest BCUT2D eigenvalue weighted by Gasteiger charge is -2.41. The van der Waals surface area contributed by atoms with Crippen LogP contribution in [0.25, 0.3) is 0 Å². The second-order valence-corrected chi connectivity index (χ2v) is 18.2. The minimum atomic E-state index is -3.81. The summed E-state index contributed by atoms with van der Waals surface area (Å²) < 4.78 is 39.0. The van der Waals surface area contributed by atoms with Gasteiger partial charge in [-0.05, 0) is 49.9 Å². The second-order valence-electron chi connectivity index (χ2n) is 16.2. The Morgan fingerprint density at radius 3 is 2.04 bits per heavy atom. The predicted molar refractivity (Wildman–Crippen MR) is 211 cm³/mol. The monoisotopic (exact) mass is 815 g/mol. The summed E-state index contributed by atoms with van der Waals surface area (Å²) in [6.45, 7) is 14.6. The summed E-state index contributed by atoms with van der Waals surface area (Å²) in [5.41, 5.74) is 2.99. The molecule has 8 atom stereocenters. The standard InChI is InChI=1S/C38H69N7O10S/c1-13-24(6)34(43(9)38(51)33(23(4)5)41-44(10)32(48)21-39-26(8)46)30(54-11)20-31(47)45-18-14-15-29(45)35(55-12)25(7)36(49)40-28(19-22(2)3)37(50)42-56(52,53)27-16-17-27/h22-25,27-30,33-35,41H,13-21H2,1-12H3,(H,39,46)(H,40,49)(H,42,50)/t24-,25+,28-,29-,30+,33-,34-,35+/m0/s1. The SMILES string of the molecule is CC[C@H](C)[C@@H]([C@@H](CC(=O)N1CCC[C@H]1[C@H](OC)[C@@H](C)C(=O)N[C@@H](CC(C)C)C(=O)NS(=O)(=O)C1CC1)OC)N(C)C(=O)[C@@H](NN(C)C(=O)CNC(C)=O)C(C)C. The first-order chi connectivity index (χ1) is 26.1. The first kappa shape index (κ1) is 48.8. The van der Waals surface area contributed by atoms with Gasteiger partial charge < -0.3 is 29.9 Å². The molecule has 0 aromatic rings. The highest BCUT2D eigenvalue weighted by Crippen LogP contribution is 2.30. The van der Waals surface area contributed by atoms with Crippen LogP contribution in [-0.2, 0) is 48.3 Å². The molecule has 1 heterocycles. The van der Waals surface area contributed by atoms with Crippen molar-refractivity contribution in [1.29, 1.82) is 0 Å². The average molecular weight is 816 g/mol. The molecule has 0 unspecified atom stereocenters. The Morgan fingerprint density at radius 1 is 0.911 bits per heavy atom. The molecule has 1 saturated heterocycles. The molecule has 2 aliphatic rings. The summed E-state index contributed by atoms with van der Waals surface area (Å²) >= 11 is 0. The van der Waals surface area contributed by atoms with Crippen molar-refractivity contribution in [2.24, 2.45) is 23.7 Å². The van der Waals surface area contributed by atoms with Gasteiger partial charge in [-0.1, -0.05) is 54.9 Å². The van der Waals surface area contributed by atoms with Crippen LogP contribution in [0.15, 0.2) is 0 Å². The molecule has 0 bridgehead atoms. The molecular weight excluding hydrogens is 747 g/mol. The van der Waals surface area contributed by atoms with Crippen LogP contribution < -0.4 is 20.8 Å². The molecule has 0 radical (unpaired) electrons. The number of nitrogens with zero attached hydrogens (tertiary/aromatic N) is 3. The molecule has 1 aliphatic carbocycles. The van der Waals surface area contributed by atoms with Gasteiger partial charge in [0, 0.05) is 41.8 Å². The molecular formula is C38H69N7O10S. The van der Waals surface area contributed by atoms with Crippen molar-refractivity contribution in [2.45, 2.75) is 142 Å². The number of amides is 6. The fourth-order valence-corrected chi connectivity index (χ4v) is 8.64. The number of sulfonamides is 1. The first-order valence-corrected chi connectivity index (χ1v) is 21.4. The first-order valence-electron chi connectivity index (χ1n) is 19.9. The molecule has 6 amide bonds. The number of hydrogen-bond acceptors (Lipinski definition) is 11. The van der Waals surface area contributed by atoms with Gasteiger partial charge in [0.2, 0.25) is 33.7 Å². The van der Waals surface area contributed by atoms with E-state index in [0.717, 1.165) is 0 Å². The third-order valence-electron chi connectivity index (χ3n) is 10.9. The highest BCUT2D eigenvalue weighted by atomic mass is 32.2. The lowest BCUT2D eigenvalue weighted by molar-refractivity contribution is -0.149. The van der Waals surface area contributed by atoms with Crippen LogP contribution in [0.2, 0.25) is 0 Å². The number of ether oxygens (including phenoxy) is 2. The summed E-state index contributed by atoms with van der Waals surface area (Å²) in [5.74, 6) is -3.73. The van der Waals surface area contributed by atoms with Gasteiger partial charge >= 0.3 is 0 Å². The van der Waals surface area contributed by atoms with Gasteiger partial charge in [0.05, 0.1) is 48.4 Å². The van der Waals surface area contributed by atoms with Crippen molar-refractivity contribution >= 4 is 45.5 Å². The Kier molecular flexibility index (Phi) is 19.1. The van der Waals surface area contributed by atoms with Gasteiger partial charge in [-0.25, -0.2) is 13.8 Å². The number of likely N-dealkylation sites (N-methyl/N-ethyl adjacent to an activating group) is 2. The lowest BCUT2D eigenvalue weighted by atomic mass is 9.89. The molecule has 0 aromatic heterocycles. The molecule has 56 heavy (non-hydrogen) atoms. The number of carbonyl (C=O) groups excluding carboxylic acids is 6. The number of carbonyl (C=O) groups is 6. The topological polar surface area (TPSA) is 213 Å². The number of hydrazine groups is 1. The molecule has 17 nitrogen and oxygen atoms in total. The molecule has 0 aromatic carbocycles. The predicted octanol–water partition coefficient (Wildman–Crippen LogP) is 1.17. The summed E-state index contributed by atoms with van der Waals surface area (Å²) in [7, 11) is 2.32. The van der Waals surface area contributed by atoms with Crippen molar-refractivity contribution in [3.05, 3.63) is 0 Å². The number of likely N-dealkylation sites (tertiary alicyclic amines) is 1. The van der Waals surface area contributed by atoms with E-state index in [4.69, 9.17) is 9.47 Å². The van der Waals surface area contributed by atoms with Crippen molar-refractivity contribution in [1.82, 2.24) is 35.6 Å². The second kappa shape index (κ2) is 22.0. The fourth-order valence-electron chi connectivity index (χ4n) is 7.29. The van der Waals surface area contributed by atoms with E-state index >= 15 is 0 Å². The third-order valence-corrected chi connectivity index (χ3v) is 12.8.